The van der Waals surface area contributed by atoms with E-state index < -0.39 is 11.9 Å². The Hall–Kier alpha value is -3.25. The fraction of sp³-hybridized carbons (Fsp3) is 0.471. The highest BCUT2D eigenvalue weighted by atomic mass is 127. The highest BCUT2D eigenvalue weighted by molar-refractivity contribution is 14.1. The van der Waals surface area contributed by atoms with Gasteiger partial charge in [0.25, 0.3) is 0 Å². The lowest BCUT2D eigenvalue weighted by Crippen LogP contribution is -2.34. The largest absolute Gasteiger partial charge is 0.504 e. The summed E-state index contributed by atoms with van der Waals surface area (Å²) in [4.78, 5) is 43.9. The smallest absolute Gasteiger partial charge is 0.303 e. The number of aliphatic carboxylic acids is 1. The average Bonchev–Trinajstić information content (AvgIpc) is 3.54. The minimum atomic E-state index is -0.830. The van der Waals surface area contributed by atoms with E-state index >= 15 is 0 Å². The first kappa shape index (κ1) is 32.2. The van der Waals surface area contributed by atoms with Crippen LogP contribution in [-0.2, 0) is 19.1 Å². The van der Waals surface area contributed by atoms with E-state index in [0.717, 1.165) is 23.3 Å². The normalized spacial score (nSPS) is 23.2. The molecule has 3 aliphatic rings. The number of pyridine rings is 1. The SMILES string of the molecule is CCC1=C2[C@@H](CC/C(=C/c3cc(I)c(O)c(OC)c3)c3ccccn3)OC[C@@H]2[C@@H]2C(=O)N(CCCCCC(=O)O)C(=O)[C@@H]2C1. The number of ether oxygens (including phenoxy) is 2. The van der Waals surface area contributed by atoms with Gasteiger partial charge in [-0.1, -0.05) is 25.0 Å². The number of rotatable bonds is 13. The summed E-state index contributed by atoms with van der Waals surface area (Å²) >= 11 is 2.09. The number of halogens is 1. The first-order chi connectivity index (χ1) is 21.2. The van der Waals surface area contributed by atoms with E-state index in [1.165, 1.54) is 23.2 Å². The minimum absolute atomic E-state index is 0.0917. The third-order valence-electron chi connectivity index (χ3n) is 9.08. The quantitative estimate of drug-likeness (QED) is 0.111. The Balaban J connectivity index is 1.34. The van der Waals surface area contributed by atoms with Crippen LogP contribution in [-0.4, -0.2) is 64.2 Å². The second-order valence-electron chi connectivity index (χ2n) is 11.7. The molecule has 2 fully saturated rings. The molecular weight excluding hydrogens is 675 g/mol. The van der Waals surface area contributed by atoms with Gasteiger partial charge in [-0.15, -0.1) is 0 Å². The number of hydrogen-bond acceptors (Lipinski definition) is 7. The second kappa shape index (κ2) is 14.2. The average molecular weight is 715 g/mol. The number of allylic oxidation sites excluding steroid dienone is 2. The van der Waals surface area contributed by atoms with Gasteiger partial charge in [-0.05, 0) is 108 Å². The molecule has 0 saturated carbocycles. The van der Waals surface area contributed by atoms with Crippen LogP contribution in [0.4, 0.5) is 0 Å². The van der Waals surface area contributed by atoms with Crippen LogP contribution < -0.4 is 4.74 Å². The molecule has 4 atom stereocenters. The number of phenols is 1. The molecule has 44 heavy (non-hydrogen) atoms. The number of carbonyl (C=O) groups excluding carboxylic acids is 2. The summed E-state index contributed by atoms with van der Waals surface area (Å²) in [5, 5.41) is 19.2. The van der Waals surface area contributed by atoms with Crippen LogP contribution >= 0.6 is 22.6 Å². The maximum absolute atomic E-state index is 13.6. The number of hydrogen-bond donors (Lipinski definition) is 2. The number of carboxylic acids is 1. The highest BCUT2D eigenvalue weighted by Crippen LogP contribution is 2.50. The van der Waals surface area contributed by atoms with Crippen molar-refractivity contribution in [1.29, 1.82) is 0 Å². The Labute approximate surface area is 271 Å². The molecule has 2 aliphatic heterocycles. The van der Waals surface area contributed by atoms with Crippen molar-refractivity contribution < 1.29 is 34.1 Å². The van der Waals surface area contributed by atoms with Crippen LogP contribution in [0.3, 0.4) is 0 Å². The Bertz CT molecular complexity index is 1470. The Kier molecular flexibility index (Phi) is 10.4. The third kappa shape index (κ3) is 6.71. The van der Waals surface area contributed by atoms with E-state index in [2.05, 4.69) is 40.6 Å². The van der Waals surface area contributed by atoms with Gasteiger partial charge < -0.3 is 19.7 Å². The summed E-state index contributed by atoms with van der Waals surface area (Å²) < 4.78 is 12.5. The summed E-state index contributed by atoms with van der Waals surface area (Å²) in [7, 11) is 1.53. The number of aromatic hydroxyl groups is 1. The topological polar surface area (TPSA) is 126 Å². The summed E-state index contributed by atoms with van der Waals surface area (Å²) in [5.74, 6) is -1.35. The maximum atomic E-state index is 13.6. The number of carboxylic acid groups (broad SMARTS) is 1. The zero-order valence-electron chi connectivity index (χ0n) is 25.1. The molecule has 9 nitrogen and oxygen atoms in total. The Morgan fingerprint density at radius 2 is 1.98 bits per heavy atom. The van der Waals surface area contributed by atoms with Gasteiger partial charge in [-0.3, -0.25) is 24.3 Å². The molecule has 0 spiro atoms. The Morgan fingerprint density at radius 1 is 1.16 bits per heavy atom. The van der Waals surface area contributed by atoms with Gasteiger partial charge >= 0.3 is 5.97 Å². The molecule has 1 aromatic heterocycles. The number of carbonyl (C=O) groups is 3. The number of benzene rings is 1. The molecule has 2 aromatic rings. The monoisotopic (exact) mass is 714 g/mol. The van der Waals surface area contributed by atoms with Crippen molar-refractivity contribution in [2.45, 2.75) is 64.4 Å². The molecule has 1 aliphatic carbocycles. The number of methoxy groups -OCH3 is 1. The molecule has 0 unspecified atom stereocenters. The lowest BCUT2D eigenvalue weighted by atomic mass is 9.69. The molecule has 0 radical (unpaired) electrons. The molecule has 2 N–H and O–H groups in total. The van der Waals surface area contributed by atoms with Crippen LogP contribution in [0, 0.1) is 21.3 Å². The van der Waals surface area contributed by atoms with Gasteiger partial charge in [0, 0.05) is 25.1 Å². The van der Waals surface area contributed by atoms with Gasteiger partial charge in [0.1, 0.15) is 0 Å². The number of amides is 2. The van der Waals surface area contributed by atoms with Gasteiger partial charge in [0.05, 0.1) is 40.9 Å². The summed E-state index contributed by atoms with van der Waals surface area (Å²) in [6.07, 6.45) is 8.38. The van der Waals surface area contributed by atoms with Gasteiger partial charge in [-0.2, -0.15) is 0 Å². The van der Waals surface area contributed by atoms with E-state index in [9.17, 15) is 19.5 Å². The zero-order valence-corrected chi connectivity index (χ0v) is 27.3. The van der Waals surface area contributed by atoms with Gasteiger partial charge in [0.15, 0.2) is 11.5 Å². The number of imide groups is 1. The fourth-order valence-electron chi connectivity index (χ4n) is 6.97. The van der Waals surface area contributed by atoms with Crippen LogP contribution in [0.5, 0.6) is 11.5 Å². The van der Waals surface area contributed by atoms with Gasteiger partial charge in [-0.25, -0.2) is 0 Å². The van der Waals surface area contributed by atoms with E-state index in [1.54, 1.807) is 6.20 Å². The Morgan fingerprint density at radius 3 is 2.68 bits per heavy atom. The predicted octanol–water partition coefficient (Wildman–Crippen LogP) is 6.09. The first-order valence-electron chi connectivity index (χ1n) is 15.3. The van der Waals surface area contributed by atoms with Crippen molar-refractivity contribution in [3.63, 3.8) is 0 Å². The molecular formula is C34H39IN2O7. The third-order valence-corrected chi connectivity index (χ3v) is 9.90. The van der Waals surface area contributed by atoms with Crippen molar-refractivity contribution in [3.8, 4) is 11.5 Å². The van der Waals surface area contributed by atoms with Gasteiger partial charge in [0.2, 0.25) is 11.8 Å². The molecule has 5 rings (SSSR count). The predicted molar refractivity (Wildman–Crippen MR) is 174 cm³/mol. The van der Waals surface area contributed by atoms with E-state index in [4.69, 9.17) is 14.6 Å². The van der Waals surface area contributed by atoms with E-state index in [1.807, 2.05) is 30.3 Å². The molecule has 1 aromatic carbocycles. The van der Waals surface area contributed by atoms with Crippen molar-refractivity contribution in [2.24, 2.45) is 17.8 Å². The lowest BCUT2D eigenvalue weighted by Gasteiger charge is -2.31. The summed E-state index contributed by atoms with van der Waals surface area (Å²) in [6, 6.07) is 9.53. The standard InChI is InChI=1S/C34H39IN2O7/c1-3-21-18-23-31(34(42)37(33(23)41)14-8-4-5-10-29(38)39)24-19-44-27(30(21)24)12-11-22(26-9-6-7-13-36-26)15-20-16-25(35)32(40)28(17-20)43-2/h6-7,9,13,15-17,23-24,27,31,40H,3-5,8,10-12,14,18-19H2,1-2H3,(H,38,39)/b22-15-/t23-,24+,27-,31-/m1/s1. The molecule has 2 saturated heterocycles. The van der Waals surface area contributed by atoms with Crippen LogP contribution in [0.2, 0.25) is 0 Å². The van der Waals surface area contributed by atoms with Crippen molar-refractivity contribution >= 4 is 52.0 Å². The number of phenolic OH excluding ortho intramolecular Hbond substituents is 1. The van der Waals surface area contributed by atoms with E-state index in [-0.39, 0.29) is 41.9 Å². The van der Waals surface area contributed by atoms with Crippen molar-refractivity contribution in [2.75, 3.05) is 20.3 Å². The summed E-state index contributed by atoms with van der Waals surface area (Å²) in [5.41, 5.74) is 5.19. The van der Waals surface area contributed by atoms with Crippen LogP contribution in [0.1, 0.15) is 69.5 Å². The minimum Gasteiger partial charge on any atom is -0.504 e. The van der Waals surface area contributed by atoms with Crippen molar-refractivity contribution in [1.82, 2.24) is 9.88 Å². The zero-order chi connectivity index (χ0) is 31.4. The maximum Gasteiger partial charge on any atom is 0.303 e. The number of aromatic nitrogens is 1. The molecule has 10 heteroatoms. The summed E-state index contributed by atoms with van der Waals surface area (Å²) in [6.45, 7) is 2.87. The number of likely N-dealkylation sites (tertiary alicyclic amines) is 1. The second-order valence-corrected chi connectivity index (χ2v) is 12.8. The highest BCUT2D eigenvalue weighted by Gasteiger charge is 2.56. The fourth-order valence-corrected chi connectivity index (χ4v) is 7.59. The van der Waals surface area contributed by atoms with Crippen molar-refractivity contribution in [3.05, 3.63) is 62.5 Å². The lowest BCUT2D eigenvalue weighted by molar-refractivity contribution is -0.141. The first-order valence-corrected chi connectivity index (χ1v) is 16.4. The van der Waals surface area contributed by atoms with Crippen LogP contribution in [0.15, 0.2) is 47.7 Å². The van der Waals surface area contributed by atoms with Crippen LogP contribution in [0.25, 0.3) is 11.6 Å². The molecule has 234 valence electrons. The molecule has 3 heterocycles. The number of nitrogens with zero attached hydrogens (tertiary/aromatic N) is 2. The molecule has 0 bridgehead atoms. The number of unbranched alkanes of at least 4 members (excludes halogenated alkanes) is 2. The molecule has 2 amide bonds. The van der Waals surface area contributed by atoms with E-state index in [0.29, 0.717) is 61.0 Å². The number of fused-ring (bicyclic) bond motifs is 3.